The van der Waals surface area contributed by atoms with Gasteiger partial charge in [0, 0.05) is 45.0 Å². The SMILES string of the molecule is O=c1c2ccc(N3CCN(CCn4cncn4)CC3)cc2ncn1CC1CC1. The third kappa shape index (κ3) is 3.64. The molecule has 1 saturated heterocycles. The number of aromatic nitrogens is 5. The van der Waals surface area contributed by atoms with E-state index in [1.807, 2.05) is 10.7 Å². The van der Waals surface area contributed by atoms with Crippen molar-refractivity contribution in [2.45, 2.75) is 25.9 Å². The molecule has 146 valence electrons. The smallest absolute Gasteiger partial charge is 0.261 e. The van der Waals surface area contributed by atoms with Crippen LogP contribution in [0.25, 0.3) is 10.9 Å². The lowest BCUT2D eigenvalue weighted by atomic mass is 10.2. The highest BCUT2D eigenvalue weighted by atomic mass is 16.1. The molecule has 28 heavy (non-hydrogen) atoms. The second-order valence-electron chi connectivity index (χ2n) is 7.83. The van der Waals surface area contributed by atoms with Crippen LogP contribution in [0.4, 0.5) is 5.69 Å². The van der Waals surface area contributed by atoms with E-state index in [4.69, 9.17) is 0 Å². The summed E-state index contributed by atoms with van der Waals surface area (Å²) in [6, 6.07) is 6.07. The molecule has 0 amide bonds. The number of benzene rings is 1. The van der Waals surface area contributed by atoms with E-state index < -0.39 is 0 Å². The predicted molar refractivity (Wildman–Crippen MR) is 107 cm³/mol. The quantitative estimate of drug-likeness (QED) is 0.641. The molecule has 1 aromatic carbocycles. The van der Waals surface area contributed by atoms with Crippen molar-refractivity contribution in [1.82, 2.24) is 29.2 Å². The Balaban J connectivity index is 1.24. The summed E-state index contributed by atoms with van der Waals surface area (Å²) in [7, 11) is 0. The molecular weight excluding hydrogens is 354 g/mol. The average Bonchev–Trinajstić information content (AvgIpc) is 3.39. The van der Waals surface area contributed by atoms with Crippen molar-refractivity contribution < 1.29 is 0 Å². The summed E-state index contributed by atoms with van der Waals surface area (Å²) in [6.45, 7) is 6.64. The van der Waals surface area contributed by atoms with Gasteiger partial charge in [0.2, 0.25) is 0 Å². The summed E-state index contributed by atoms with van der Waals surface area (Å²) in [4.78, 5) is 26.1. The van der Waals surface area contributed by atoms with E-state index in [0.717, 1.165) is 62.4 Å². The molecule has 0 spiro atoms. The predicted octanol–water partition coefficient (Wildman–Crippen LogP) is 1.22. The molecule has 1 aliphatic heterocycles. The molecule has 0 N–H and O–H groups in total. The first kappa shape index (κ1) is 17.4. The summed E-state index contributed by atoms with van der Waals surface area (Å²) in [5.74, 6) is 0.664. The number of anilines is 1. The van der Waals surface area contributed by atoms with Crippen LogP contribution in [0.5, 0.6) is 0 Å². The number of fused-ring (bicyclic) bond motifs is 1. The molecule has 5 rings (SSSR count). The van der Waals surface area contributed by atoms with Crippen molar-refractivity contribution >= 4 is 16.6 Å². The van der Waals surface area contributed by atoms with E-state index >= 15 is 0 Å². The van der Waals surface area contributed by atoms with E-state index in [1.165, 1.54) is 12.8 Å². The maximum absolute atomic E-state index is 12.7. The van der Waals surface area contributed by atoms with Gasteiger partial charge in [0.15, 0.2) is 0 Å². The van der Waals surface area contributed by atoms with Crippen LogP contribution >= 0.6 is 0 Å². The number of hydrogen-bond donors (Lipinski definition) is 0. The number of rotatable bonds is 6. The lowest BCUT2D eigenvalue weighted by Crippen LogP contribution is -2.47. The molecule has 1 aliphatic carbocycles. The van der Waals surface area contributed by atoms with Gasteiger partial charge in [0.25, 0.3) is 5.56 Å². The van der Waals surface area contributed by atoms with Crippen LogP contribution in [0.15, 0.2) is 42.0 Å². The van der Waals surface area contributed by atoms with Crippen LogP contribution in [-0.2, 0) is 13.1 Å². The highest BCUT2D eigenvalue weighted by Crippen LogP contribution is 2.30. The first-order valence-electron chi connectivity index (χ1n) is 10.1. The second-order valence-corrected chi connectivity index (χ2v) is 7.83. The Morgan fingerprint density at radius 3 is 2.64 bits per heavy atom. The number of piperazine rings is 1. The Morgan fingerprint density at radius 2 is 1.89 bits per heavy atom. The van der Waals surface area contributed by atoms with E-state index in [0.29, 0.717) is 5.92 Å². The highest BCUT2D eigenvalue weighted by molar-refractivity contribution is 5.81. The summed E-state index contributed by atoms with van der Waals surface area (Å²) in [5.41, 5.74) is 2.03. The van der Waals surface area contributed by atoms with Gasteiger partial charge >= 0.3 is 0 Å². The van der Waals surface area contributed by atoms with Crippen LogP contribution in [-0.4, -0.2) is 61.9 Å². The third-order valence-corrected chi connectivity index (χ3v) is 5.81. The van der Waals surface area contributed by atoms with E-state index in [2.05, 4.69) is 37.0 Å². The standard InChI is InChI=1S/C20H25N7O/c28-20-18-4-3-17(11-19(18)22-15-26(20)12-16-1-2-16)25-8-5-24(6-9-25)7-10-27-14-21-13-23-27/h3-4,11,13-16H,1-2,5-10,12H2. The van der Waals surface area contributed by atoms with E-state index in [-0.39, 0.29) is 5.56 Å². The fraction of sp³-hybridized carbons (Fsp3) is 0.500. The van der Waals surface area contributed by atoms with Crippen molar-refractivity contribution in [1.29, 1.82) is 0 Å². The zero-order valence-corrected chi connectivity index (χ0v) is 15.9. The highest BCUT2D eigenvalue weighted by Gasteiger charge is 2.23. The Morgan fingerprint density at radius 1 is 1.04 bits per heavy atom. The summed E-state index contributed by atoms with van der Waals surface area (Å²) in [5, 5.41) is 4.88. The molecule has 2 aromatic heterocycles. The lowest BCUT2D eigenvalue weighted by Gasteiger charge is -2.36. The van der Waals surface area contributed by atoms with Crippen LogP contribution < -0.4 is 10.5 Å². The monoisotopic (exact) mass is 379 g/mol. The van der Waals surface area contributed by atoms with Gasteiger partial charge in [0.1, 0.15) is 12.7 Å². The van der Waals surface area contributed by atoms with Crippen LogP contribution in [0.2, 0.25) is 0 Å². The minimum absolute atomic E-state index is 0.0846. The molecular formula is C20H25N7O. The van der Waals surface area contributed by atoms with E-state index in [1.54, 1.807) is 23.5 Å². The van der Waals surface area contributed by atoms with Gasteiger partial charge in [0.05, 0.1) is 23.8 Å². The molecule has 8 nitrogen and oxygen atoms in total. The summed E-state index contributed by atoms with van der Waals surface area (Å²) in [6.07, 6.45) is 7.51. The van der Waals surface area contributed by atoms with Gasteiger partial charge in [-0.3, -0.25) is 18.9 Å². The molecule has 2 aliphatic rings. The van der Waals surface area contributed by atoms with Crippen molar-refractivity contribution in [2.75, 3.05) is 37.6 Å². The molecule has 3 heterocycles. The molecule has 0 radical (unpaired) electrons. The summed E-state index contributed by atoms with van der Waals surface area (Å²) >= 11 is 0. The van der Waals surface area contributed by atoms with E-state index in [9.17, 15) is 4.79 Å². The van der Waals surface area contributed by atoms with Gasteiger partial charge < -0.3 is 4.90 Å². The normalized spacial score (nSPS) is 18.1. The summed E-state index contributed by atoms with van der Waals surface area (Å²) < 4.78 is 3.64. The van der Waals surface area contributed by atoms with Gasteiger partial charge in [-0.1, -0.05) is 0 Å². The Kier molecular flexibility index (Phi) is 4.56. The van der Waals surface area contributed by atoms with Gasteiger partial charge in [-0.2, -0.15) is 5.10 Å². The number of hydrogen-bond acceptors (Lipinski definition) is 6. The van der Waals surface area contributed by atoms with Crippen LogP contribution in [0, 0.1) is 5.92 Å². The van der Waals surface area contributed by atoms with Gasteiger partial charge in [-0.25, -0.2) is 9.97 Å². The maximum atomic E-state index is 12.7. The number of nitrogens with zero attached hydrogens (tertiary/aromatic N) is 7. The third-order valence-electron chi connectivity index (χ3n) is 5.81. The molecule has 0 unspecified atom stereocenters. The molecule has 2 fully saturated rings. The molecule has 8 heteroatoms. The fourth-order valence-corrected chi connectivity index (χ4v) is 3.87. The first-order valence-corrected chi connectivity index (χ1v) is 10.1. The lowest BCUT2D eigenvalue weighted by molar-refractivity contribution is 0.244. The zero-order chi connectivity index (χ0) is 18.9. The average molecular weight is 379 g/mol. The molecule has 0 atom stereocenters. The van der Waals surface area contributed by atoms with Crippen molar-refractivity contribution in [3.8, 4) is 0 Å². The van der Waals surface area contributed by atoms with Gasteiger partial charge in [-0.05, 0) is 37.0 Å². The zero-order valence-electron chi connectivity index (χ0n) is 15.9. The van der Waals surface area contributed by atoms with Crippen molar-refractivity contribution in [2.24, 2.45) is 5.92 Å². The first-order chi connectivity index (χ1) is 13.8. The molecule has 0 bridgehead atoms. The maximum Gasteiger partial charge on any atom is 0.261 e. The second kappa shape index (κ2) is 7.35. The van der Waals surface area contributed by atoms with Crippen LogP contribution in [0.1, 0.15) is 12.8 Å². The topological polar surface area (TPSA) is 72.1 Å². The fourth-order valence-electron chi connectivity index (χ4n) is 3.87. The Bertz CT molecular complexity index is 1000. The largest absolute Gasteiger partial charge is 0.369 e. The van der Waals surface area contributed by atoms with Crippen molar-refractivity contribution in [3.05, 3.63) is 47.5 Å². The molecule has 1 saturated carbocycles. The molecule has 3 aromatic rings. The van der Waals surface area contributed by atoms with Gasteiger partial charge in [-0.15, -0.1) is 0 Å². The minimum atomic E-state index is 0.0846. The van der Waals surface area contributed by atoms with Crippen LogP contribution in [0.3, 0.4) is 0 Å². The Labute approximate surface area is 163 Å². The minimum Gasteiger partial charge on any atom is -0.369 e. The van der Waals surface area contributed by atoms with Crippen molar-refractivity contribution in [3.63, 3.8) is 0 Å². The Hall–Kier alpha value is -2.74.